The van der Waals surface area contributed by atoms with E-state index in [-0.39, 0.29) is 18.6 Å². The molecule has 7 heteroatoms. The van der Waals surface area contributed by atoms with Gasteiger partial charge >= 0.3 is 5.97 Å². The average molecular weight is 409 g/mol. The summed E-state index contributed by atoms with van der Waals surface area (Å²) in [6.45, 7) is -0.339. The topological polar surface area (TPSA) is 68.3 Å². The summed E-state index contributed by atoms with van der Waals surface area (Å²) < 4.78 is 6.11. The highest BCUT2D eigenvalue weighted by Gasteiger charge is 2.19. The van der Waals surface area contributed by atoms with Crippen molar-refractivity contribution in [3.63, 3.8) is 0 Å². The van der Waals surface area contributed by atoms with Gasteiger partial charge in [-0.2, -0.15) is 0 Å². The number of carbonyl (C=O) groups is 2. The number of thiophene rings is 1. The Balaban J connectivity index is 1.41. The van der Waals surface area contributed by atoms with E-state index in [2.05, 4.69) is 10.3 Å². The van der Waals surface area contributed by atoms with E-state index in [1.807, 2.05) is 47.8 Å². The Morgan fingerprint density at radius 3 is 2.68 bits per heavy atom. The van der Waals surface area contributed by atoms with Crippen molar-refractivity contribution in [1.82, 2.24) is 10.3 Å². The van der Waals surface area contributed by atoms with Gasteiger partial charge in [-0.1, -0.05) is 36.4 Å². The highest BCUT2D eigenvalue weighted by molar-refractivity contribution is 7.16. The second kappa shape index (κ2) is 8.33. The van der Waals surface area contributed by atoms with Crippen LogP contribution in [0.1, 0.15) is 26.8 Å². The largest absolute Gasteiger partial charge is 0.452 e. The molecule has 2 aromatic heterocycles. The first-order valence-corrected chi connectivity index (χ1v) is 10.3. The third-order valence-electron chi connectivity index (χ3n) is 4.17. The number of hydrogen-bond acceptors (Lipinski definition) is 6. The number of aromatic nitrogens is 1. The molecule has 4 rings (SSSR count). The summed E-state index contributed by atoms with van der Waals surface area (Å²) in [5.74, 6) is -0.882. The summed E-state index contributed by atoms with van der Waals surface area (Å²) in [5.41, 5.74) is 3.94. The number of esters is 1. The summed E-state index contributed by atoms with van der Waals surface area (Å²) in [7, 11) is 0. The number of rotatable bonds is 6. The molecule has 0 radical (unpaired) electrons. The van der Waals surface area contributed by atoms with Crippen molar-refractivity contribution in [3.8, 4) is 0 Å². The number of nitrogens with zero attached hydrogens (tertiary/aromatic N) is 1. The SMILES string of the molecule is O=C(COC(=O)c1ccc2ncsc2c1)N[C@H](c1ccccc1)c1cccs1. The quantitative estimate of drug-likeness (QED) is 0.480. The van der Waals surface area contributed by atoms with Crippen LogP contribution in [0.2, 0.25) is 0 Å². The maximum absolute atomic E-state index is 12.4. The second-order valence-corrected chi connectivity index (χ2v) is 7.90. The fourth-order valence-corrected chi connectivity index (χ4v) is 4.34. The summed E-state index contributed by atoms with van der Waals surface area (Å²) in [5, 5.41) is 4.92. The molecule has 1 N–H and O–H groups in total. The van der Waals surface area contributed by atoms with Crippen LogP contribution in [0.25, 0.3) is 10.2 Å². The lowest BCUT2D eigenvalue weighted by Gasteiger charge is -2.18. The smallest absolute Gasteiger partial charge is 0.338 e. The number of ether oxygens (including phenoxy) is 1. The monoisotopic (exact) mass is 408 g/mol. The maximum atomic E-state index is 12.4. The number of carbonyl (C=O) groups excluding carboxylic acids is 2. The molecule has 0 bridgehead atoms. The molecule has 0 aliphatic rings. The number of amides is 1. The Hall–Kier alpha value is -3.03. The zero-order chi connectivity index (χ0) is 19.3. The molecule has 140 valence electrons. The van der Waals surface area contributed by atoms with E-state index in [0.29, 0.717) is 5.56 Å². The van der Waals surface area contributed by atoms with Gasteiger partial charge < -0.3 is 10.1 Å². The van der Waals surface area contributed by atoms with Gasteiger partial charge in [-0.3, -0.25) is 4.79 Å². The van der Waals surface area contributed by atoms with Crippen LogP contribution in [-0.2, 0) is 9.53 Å². The zero-order valence-electron chi connectivity index (χ0n) is 14.7. The highest BCUT2D eigenvalue weighted by Crippen LogP contribution is 2.26. The van der Waals surface area contributed by atoms with Crippen LogP contribution in [0.15, 0.2) is 71.6 Å². The number of nitrogens with one attached hydrogen (secondary N) is 1. The van der Waals surface area contributed by atoms with Gasteiger partial charge in [0.1, 0.15) is 0 Å². The molecular formula is C21H16N2O3S2. The molecule has 0 fully saturated rings. The molecule has 28 heavy (non-hydrogen) atoms. The van der Waals surface area contributed by atoms with Crippen molar-refractivity contribution in [2.75, 3.05) is 6.61 Å². The molecule has 0 spiro atoms. The number of fused-ring (bicyclic) bond motifs is 1. The van der Waals surface area contributed by atoms with Gasteiger partial charge in [0.05, 0.1) is 27.3 Å². The van der Waals surface area contributed by atoms with E-state index in [1.165, 1.54) is 11.3 Å². The number of benzene rings is 2. The molecule has 0 saturated carbocycles. The van der Waals surface area contributed by atoms with Crippen molar-refractivity contribution in [2.24, 2.45) is 0 Å². The summed E-state index contributed by atoms with van der Waals surface area (Å²) in [4.78, 5) is 29.9. The Bertz CT molecular complexity index is 1090. The average Bonchev–Trinajstić information content (AvgIpc) is 3.42. The Morgan fingerprint density at radius 1 is 1.04 bits per heavy atom. The van der Waals surface area contributed by atoms with E-state index in [0.717, 1.165) is 20.7 Å². The van der Waals surface area contributed by atoms with Crippen molar-refractivity contribution < 1.29 is 14.3 Å². The van der Waals surface area contributed by atoms with E-state index >= 15 is 0 Å². The minimum absolute atomic E-state index is 0.277. The minimum Gasteiger partial charge on any atom is -0.452 e. The number of hydrogen-bond donors (Lipinski definition) is 1. The van der Waals surface area contributed by atoms with E-state index in [4.69, 9.17) is 4.74 Å². The summed E-state index contributed by atoms with van der Waals surface area (Å²) in [6.07, 6.45) is 0. The molecule has 5 nitrogen and oxygen atoms in total. The number of thiazole rings is 1. The van der Waals surface area contributed by atoms with Crippen LogP contribution in [0.5, 0.6) is 0 Å². The fourth-order valence-electron chi connectivity index (χ4n) is 2.82. The molecule has 2 heterocycles. The predicted octanol–water partition coefficient (Wildman–Crippen LogP) is 4.42. The molecule has 4 aromatic rings. The molecule has 0 aliphatic heterocycles. The van der Waals surface area contributed by atoms with Crippen LogP contribution < -0.4 is 5.32 Å². The molecular weight excluding hydrogens is 392 g/mol. The summed E-state index contributed by atoms with van der Waals surface area (Å²) in [6, 6.07) is 18.5. The lowest BCUT2D eigenvalue weighted by atomic mass is 10.1. The van der Waals surface area contributed by atoms with Crippen molar-refractivity contribution in [1.29, 1.82) is 0 Å². The van der Waals surface area contributed by atoms with Crippen LogP contribution >= 0.6 is 22.7 Å². The lowest BCUT2D eigenvalue weighted by molar-refractivity contribution is -0.124. The van der Waals surface area contributed by atoms with Crippen molar-refractivity contribution in [3.05, 3.63) is 87.6 Å². The van der Waals surface area contributed by atoms with E-state index < -0.39 is 5.97 Å². The second-order valence-electron chi connectivity index (χ2n) is 6.04. The zero-order valence-corrected chi connectivity index (χ0v) is 16.3. The predicted molar refractivity (Wildman–Crippen MR) is 111 cm³/mol. The van der Waals surface area contributed by atoms with E-state index in [9.17, 15) is 9.59 Å². The molecule has 1 atom stereocenters. The third-order valence-corrected chi connectivity index (χ3v) is 5.90. The van der Waals surface area contributed by atoms with Crippen LogP contribution in [0, 0.1) is 0 Å². The van der Waals surface area contributed by atoms with Crippen molar-refractivity contribution >= 4 is 44.8 Å². The molecule has 1 amide bonds. The molecule has 0 unspecified atom stereocenters. The Kier molecular flexibility index (Phi) is 5.45. The van der Waals surface area contributed by atoms with Crippen molar-refractivity contribution in [2.45, 2.75) is 6.04 Å². The summed E-state index contributed by atoms with van der Waals surface area (Å²) >= 11 is 3.01. The third kappa shape index (κ3) is 4.11. The first-order valence-electron chi connectivity index (χ1n) is 8.59. The first-order chi connectivity index (χ1) is 13.7. The molecule has 0 aliphatic carbocycles. The van der Waals surface area contributed by atoms with Crippen LogP contribution in [0.3, 0.4) is 0 Å². The van der Waals surface area contributed by atoms with Gasteiger partial charge in [0.15, 0.2) is 6.61 Å². The minimum atomic E-state index is -0.530. The highest BCUT2D eigenvalue weighted by atomic mass is 32.1. The fraction of sp³-hybridized carbons (Fsp3) is 0.0952. The normalized spacial score (nSPS) is 11.9. The van der Waals surface area contributed by atoms with E-state index in [1.54, 1.807) is 35.0 Å². The maximum Gasteiger partial charge on any atom is 0.338 e. The lowest BCUT2D eigenvalue weighted by Crippen LogP contribution is -2.32. The molecule has 0 saturated heterocycles. The van der Waals surface area contributed by atoms with Gasteiger partial charge in [-0.05, 0) is 35.2 Å². The Morgan fingerprint density at radius 2 is 1.89 bits per heavy atom. The molecule has 2 aromatic carbocycles. The van der Waals surface area contributed by atoms with Gasteiger partial charge in [-0.25, -0.2) is 9.78 Å². The standard InChI is InChI=1S/C21H16N2O3S2/c24-19(12-26-21(25)15-8-9-16-18(11-15)28-13-22-16)23-20(17-7-4-10-27-17)14-5-2-1-3-6-14/h1-11,13,20H,12H2,(H,23,24)/t20-/m1/s1. The van der Waals surface area contributed by atoms with Gasteiger partial charge in [0.2, 0.25) is 0 Å². The van der Waals surface area contributed by atoms with Gasteiger partial charge in [0, 0.05) is 4.88 Å². The Labute approximate surface area is 169 Å². The first kappa shape index (κ1) is 18.3. The van der Waals surface area contributed by atoms with Crippen LogP contribution in [0.4, 0.5) is 0 Å². The van der Waals surface area contributed by atoms with Crippen LogP contribution in [-0.4, -0.2) is 23.5 Å². The van der Waals surface area contributed by atoms with Gasteiger partial charge in [-0.15, -0.1) is 22.7 Å². The van der Waals surface area contributed by atoms with Gasteiger partial charge in [0.25, 0.3) is 5.91 Å².